The molecule has 48 valence electrons. The standard InChI is InChI=1S/C4H5N3OS/c1-9-7-3-5-4(8)2-6-7/h2-3H,1H3. The van der Waals surface area contributed by atoms with Crippen molar-refractivity contribution in [2.75, 3.05) is 6.26 Å². The molecule has 9 heavy (non-hydrogen) atoms. The lowest BCUT2D eigenvalue weighted by Crippen LogP contribution is -2.08. The van der Waals surface area contributed by atoms with Crippen molar-refractivity contribution in [1.82, 2.24) is 14.2 Å². The summed E-state index contributed by atoms with van der Waals surface area (Å²) in [5.74, 6) is 0. The van der Waals surface area contributed by atoms with Gasteiger partial charge in [0.2, 0.25) is 0 Å². The van der Waals surface area contributed by atoms with Crippen LogP contribution in [0, 0.1) is 0 Å². The molecular formula is C4H5N3OS. The molecule has 0 aromatic carbocycles. The van der Waals surface area contributed by atoms with E-state index in [4.69, 9.17) is 0 Å². The van der Waals surface area contributed by atoms with Crippen LogP contribution in [-0.2, 0) is 0 Å². The first-order valence-electron chi connectivity index (χ1n) is 2.28. The van der Waals surface area contributed by atoms with Gasteiger partial charge in [-0.15, -0.1) is 0 Å². The summed E-state index contributed by atoms with van der Waals surface area (Å²) >= 11 is 1.38. The molecule has 4 nitrogen and oxygen atoms in total. The molecule has 1 heterocycles. The average molecular weight is 143 g/mol. The maximum atomic E-state index is 10.3. The Morgan fingerprint density at radius 2 is 2.56 bits per heavy atom. The lowest BCUT2D eigenvalue weighted by Gasteiger charge is -1.92. The molecule has 0 bridgehead atoms. The molecule has 0 unspecified atom stereocenters. The normalized spacial score (nSPS) is 9.44. The van der Waals surface area contributed by atoms with Crippen molar-refractivity contribution in [2.45, 2.75) is 0 Å². The van der Waals surface area contributed by atoms with Crippen LogP contribution < -0.4 is 5.56 Å². The third-order valence-corrected chi connectivity index (χ3v) is 1.32. The highest BCUT2D eigenvalue weighted by molar-refractivity contribution is 7.97. The van der Waals surface area contributed by atoms with Crippen LogP contribution in [-0.4, -0.2) is 20.4 Å². The van der Waals surface area contributed by atoms with Gasteiger partial charge in [-0.05, 0) is 11.9 Å². The molecule has 1 aromatic heterocycles. The van der Waals surface area contributed by atoms with Gasteiger partial charge in [0.25, 0.3) is 5.56 Å². The fourth-order valence-corrected chi connectivity index (χ4v) is 0.653. The summed E-state index contributed by atoms with van der Waals surface area (Å²) in [4.78, 5) is 13.8. The van der Waals surface area contributed by atoms with E-state index in [1.807, 2.05) is 6.26 Å². The third kappa shape index (κ3) is 1.53. The highest BCUT2D eigenvalue weighted by Gasteiger charge is 1.84. The SMILES string of the molecule is CSn1cnc(=O)cn1. The van der Waals surface area contributed by atoms with Gasteiger partial charge < -0.3 is 0 Å². The molecular weight excluding hydrogens is 138 g/mol. The summed E-state index contributed by atoms with van der Waals surface area (Å²) in [7, 11) is 0. The minimum atomic E-state index is -0.305. The molecule has 0 aliphatic heterocycles. The molecule has 0 saturated heterocycles. The van der Waals surface area contributed by atoms with E-state index >= 15 is 0 Å². The summed E-state index contributed by atoms with van der Waals surface area (Å²) in [5.41, 5.74) is -0.305. The van der Waals surface area contributed by atoms with Gasteiger partial charge in [-0.2, -0.15) is 14.2 Å². The van der Waals surface area contributed by atoms with Gasteiger partial charge >= 0.3 is 0 Å². The van der Waals surface area contributed by atoms with Gasteiger partial charge in [-0.1, -0.05) is 0 Å². The Morgan fingerprint density at radius 3 is 3.00 bits per heavy atom. The van der Waals surface area contributed by atoms with Gasteiger partial charge in [0.15, 0.2) is 0 Å². The van der Waals surface area contributed by atoms with Gasteiger partial charge in [0, 0.05) is 6.26 Å². The summed E-state index contributed by atoms with van der Waals surface area (Å²) in [6.07, 6.45) is 4.41. The van der Waals surface area contributed by atoms with Crippen molar-refractivity contribution >= 4 is 11.9 Å². The van der Waals surface area contributed by atoms with Crippen LogP contribution in [0.25, 0.3) is 0 Å². The van der Waals surface area contributed by atoms with Crippen LogP contribution >= 0.6 is 11.9 Å². The third-order valence-electron chi connectivity index (χ3n) is 0.753. The molecule has 0 saturated carbocycles. The Labute approximate surface area is 56.1 Å². The zero-order valence-corrected chi connectivity index (χ0v) is 5.63. The maximum absolute atomic E-state index is 10.3. The van der Waals surface area contributed by atoms with Gasteiger partial charge in [0.05, 0.1) is 0 Å². The van der Waals surface area contributed by atoms with Crippen LogP contribution in [0.15, 0.2) is 17.3 Å². The molecule has 0 aliphatic carbocycles. The van der Waals surface area contributed by atoms with Gasteiger partial charge in [-0.25, -0.2) is 0 Å². The summed E-state index contributed by atoms with van der Waals surface area (Å²) in [5, 5.41) is 3.70. The topological polar surface area (TPSA) is 47.8 Å². The number of hydrogen-bond donors (Lipinski definition) is 0. The van der Waals surface area contributed by atoms with Crippen molar-refractivity contribution in [3.63, 3.8) is 0 Å². The monoisotopic (exact) mass is 143 g/mol. The van der Waals surface area contributed by atoms with E-state index in [1.165, 1.54) is 28.6 Å². The Hall–Kier alpha value is -0.840. The summed E-state index contributed by atoms with van der Waals surface area (Å²) in [6, 6.07) is 0. The number of nitrogens with zero attached hydrogens (tertiary/aromatic N) is 3. The zero-order valence-electron chi connectivity index (χ0n) is 4.81. The quantitative estimate of drug-likeness (QED) is 0.544. The molecule has 0 amide bonds. The van der Waals surface area contributed by atoms with E-state index in [9.17, 15) is 4.79 Å². The largest absolute Gasteiger partial charge is 0.291 e. The molecule has 1 rings (SSSR count). The van der Waals surface area contributed by atoms with Crippen molar-refractivity contribution in [1.29, 1.82) is 0 Å². The summed E-state index contributed by atoms with van der Waals surface area (Å²) < 4.78 is 1.50. The van der Waals surface area contributed by atoms with Gasteiger partial charge in [-0.3, -0.25) is 4.79 Å². The number of rotatable bonds is 1. The highest BCUT2D eigenvalue weighted by Crippen LogP contribution is 1.89. The first-order valence-corrected chi connectivity index (χ1v) is 3.46. The second-order valence-corrected chi connectivity index (χ2v) is 2.05. The minimum absolute atomic E-state index is 0.305. The number of hydrogen-bond acceptors (Lipinski definition) is 4. The molecule has 5 heteroatoms. The fraction of sp³-hybridized carbons (Fsp3) is 0.250. The van der Waals surface area contributed by atoms with E-state index in [-0.39, 0.29) is 5.56 Å². The highest BCUT2D eigenvalue weighted by atomic mass is 32.2. The molecule has 0 spiro atoms. The lowest BCUT2D eigenvalue weighted by molar-refractivity contribution is 0.889. The Bertz CT molecular complexity index is 225. The molecule has 1 aromatic rings. The van der Waals surface area contributed by atoms with E-state index in [0.29, 0.717) is 0 Å². The molecule has 0 radical (unpaired) electrons. The van der Waals surface area contributed by atoms with Crippen LogP contribution in [0.3, 0.4) is 0 Å². The first kappa shape index (κ1) is 6.28. The smallest absolute Gasteiger partial charge is 0.266 e. The summed E-state index contributed by atoms with van der Waals surface area (Å²) in [6.45, 7) is 0. The Kier molecular flexibility index (Phi) is 1.84. The predicted octanol–water partition coefficient (Wildman–Crippen LogP) is -0.236. The molecule has 0 N–H and O–H groups in total. The van der Waals surface area contributed by atoms with Gasteiger partial charge in [0.1, 0.15) is 12.5 Å². The van der Waals surface area contributed by atoms with E-state index in [0.717, 1.165) is 0 Å². The molecule has 0 atom stereocenters. The average Bonchev–Trinajstić information content (AvgIpc) is 1.90. The van der Waals surface area contributed by atoms with Crippen LogP contribution in [0.2, 0.25) is 0 Å². The van der Waals surface area contributed by atoms with Crippen LogP contribution in [0.4, 0.5) is 0 Å². The number of aromatic nitrogens is 3. The van der Waals surface area contributed by atoms with Crippen LogP contribution in [0.1, 0.15) is 0 Å². The zero-order chi connectivity index (χ0) is 6.69. The van der Waals surface area contributed by atoms with E-state index in [1.54, 1.807) is 0 Å². The van der Waals surface area contributed by atoms with Crippen molar-refractivity contribution in [2.24, 2.45) is 0 Å². The van der Waals surface area contributed by atoms with E-state index in [2.05, 4.69) is 10.1 Å². The second kappa shape index (κ2) is 2.63. The first-order chi connectivity index (χ1) is 4.33. The second-order valence-electron chi connectivity index (χ2n) is 1.31. The predicted molar refractivity (Wildman–Crippen MR) is 35.2 cm³/mol. The maximum Gasteiger partial charge on any atom is 0.291 e. The molecule has 0 fully saturated rings. The van der Waals surface area contributed by atoms with Crippen LogP contribution in [0.5, 0.6) is 0 Å². The Morgan fingerprint density at radius 1 is 1.78 bits per heavy atom. The van der Waals surface area contributed by atoms with Crippen molar-refractivity contribution in [3.8, 4) is 0 Å². The molecule has 0 aliphatic rings. The minimum Gasteiger partial charge on any atom is -0.266 e. The fourth-order valence-electron chi connectivity index (χ4n) is 0.370. The van der Waals surface area contributed by atoms with E-state index < -0.39 is 0 Å². The lowest BCUT2D eigenvalue weighted by atomic mass is 10.9. The Balaban J connectivity index is 3.02. The van der Waals surface area contributed by atoms with Crippen molar-refractivity contribution < 1.29 is 0 Å². The van der Waals surface area contributed by atoms with Crippen molar-refractivity contribution in [3.05, 3.63) is 22.9 Å².